The van der Waals surface area contributed by atoms with E-state index in [1.807, 2.05) is 37.3 Å². The molecule has 0 unspecified atom stereocenters. The zero-order chi connectivity index (χ0) is 17.1. The summed E-state index contributed by atoms with van der Waals surface area (Å²) >= 11 is 0.943. The van der Waals surface area contributed by atoms with Crippen LogP contribution in [0.4, 0.5) is 4.79 Å². The van der Waals surface area contributed by atoms with Crippen LogP contribution in [0.25, 0.3) is 6.08 Å². The van der Waals surface area contributed by atoms with Crippen molar-refractivity contribution in [3.8, 4) is 6.07 Å². The summed E-state index contributed by atoms with van der Waals surface area (Å²) in [6, 6.07) is 16.7. The molecule has 3 rings (SSSR count). The van der Waals surface area contributed by atoms with Gasteiger partial charge in [0.25, 0.3) is 11.1 Å². The molecule has 0 saturated carbocycles. The maximum atomic E-state index is 12.5. The van der Waals surface area contributed by atoms with Gasteiger partial charge in [-0.2, -0.15) is 5.26 Å². The quantitative estimate of drug-likeness (QED) is 0.793. The van der Waals surface area contributed by atoms with Crippen molar-refractivity contribution < 1.29 is 9.59 Å². The lowest BCUT2D eigenvalue weighted by atomic mass is 10.1. The van der Waals surface area contributed by atoms with E-state index in [4.69, 9.17) is 5.26 Å². The van der Waals surface area contributed by atoms with Crippen molar-refractivity contribution in [1.82, 2.24) is 4.90 Å². The maximum absolute atomic E-state index is 12.5. The van der Waals surface area contributed by atoms with Crippen LogP contribution >= 0.6 is 11.8 Å². The van der Waals surface area contributed by atoms with Gasteiger partial charge in [-0.1, -0.05) is 42.0 Å². The molecule has 0 radical (unpaired) electrons. The highest BCUT2D eigenvalue weighted by atomic mass is 32.2. The Labute approximate surface area is 144 Å². The van der Waals surface area contributed by atoms with Gasteiger partial charge in [0.2, 0.25) is 0 Å². The smallest absolute Gasteiger partial charge is 0.268 e. The Bertz CT molecular complexity index is 862. The minimum atomic E-state index is -0.282. The summed E-state index contributed by atoms with van der Waals surface area (Å²) in [7, 11) is 0. The average Bonchev–Trinajstić information content (AvgIpc) is 2.85. The van der Waals surface area contributed by atoms with E-state index < -0.39 is 0 Å². The van der Waals surface area contributed by atoms with Crippen molar-refractivity contribution in [2.24, 2.45) is 0 Å². The van der Waals surface area contributed by atoms with E-state index in [1.165, 1.54) is 4.90 Å². The molecule has 0 aromatic heterocycles. The van der Waals surface area contributed by atoms with Crippen molar-refractivity contribution in [2.45, 2.75) is 13.5 Å². The van der Waals surface area contributed by atoms with Gasteiger partial charge in [-0.15, -0.1) is 0 Å². The van der Waals surface area contributed by atoms with Gasteiger partial charge in [0.05, 0.1) is 23.1 Å². The van der Waals surface area contributed by atoms with Crippen LogP contribution in [0, 0.1) is 18.3 Å². The third kappa shape index (κ3) is 3.39. The van der Waals surface area contributed by atoms with E-state index >= 15 is 0 Å². The summed E-state index contributed by atoms with van der Waals surface area (Å²) in [6.07, 6.45) is 1.68. The van der Waals surface area contributed by atoms with Crippen LogP contribution in [0.1, 0.15) is 22.3 Å². The number of nitrogens with zero attached hydrogens (tertiary/aromatic N) is 2. The third-order valence-electron chi connectivity index (χ3n) is 3.67. The fourth-order valence-corrected chi connectivity index (χ4v) is 3.16. The molecular formula is C19H14N2O2S. The second-order valence-electron chi connectivity index (χ2n) is 5.49. The number of amides is 2. The van der Waals surface area contributed by atoms with Gasteiger partial charge in [-0.05, 0) is 48.0 Å². The van der Waals surface area contributed by atoms with E-state index in [0.717, 1.165) is 28.5 Å². The van der Waals surface area contributed by atoms with Crippen molar-refractivity contribution in [2.75, 3.05) is 0 Å². The largest absolute Gasteiger partial charge is 0.293 e. The fraction of sp³-hybridized carbons (Fsp3) is 0.105. The average molecular weight is 334 g/mol. The second kappa shape index (κ2) is 6.73. The van der Waals surface area contributed by atoms with Crippen LogP contribution in [-0.2, 0) is 11.3 Å². The summed E-state index contributed by atoms with van der Waals surface area (Å²) < 4.78 is 0. The number of aryl methyl sites for hydroxylation is 1. The van der Waals surface area contributed by atoms with Crippen LogP contribution in [0.5, 0.6) is 0 Å². The van der Waals surface area contributed by atoms with Gasteiger partial charge in [0.1, 0.15) is 0 Å². The number of nitriles is 1. The van der Waals surface area contributed by atoms with Crippen molar-refractivity contribution >= 4 is 29.0 Å². The molecule has 0 bridgehead atoms. The zero-order valence-corrected chi connectivity index (χ0v) is 13.8. The van der Waals surface area contributed by atoms with Crippen molar-refractivity contribution in [3.05, 3.63) is 75.7 Å². The topological polar surface area (TPSA) is 61.2 Å². The lowest BCUT2D eigenvalue weighted by Gasteiger charge is -2.12. The lowest BCUT2D eigenvalue weighted by molar-refractivity contribution is -0.123. The molecule has 118 valence electrons. The molecule has 4 nitrogen and oxygen atoms in total. The molecule has 0 aliphatic carbocycles. The molecule has 2 amide bonds. The summed E-state index contributed by atoms with van der Waals surface area (Å²) in [5, 5.41) is 8.54. The van der Waals surface area contributed by atoms with Gasteiger partial charge >= 0.3 is 0 Å². The van der Waals surface area contributed by atoms with E-state index in [2.05, 4.69) is 0 Å². The molecule has 0 spiro atoms. The number of imide groups is 1. The number of thioether (sulfide) groups is 1. The van der Waals surface area contributed by atoms with Crippen LogP contribution in [0.15, 0.2) is 53.4 Å². The van der Waals surface area contributed by atoms with Crippen LogP contribution in [-0.4, -0.2) is 16.0 Å². The monoisotopic (exact) mass is 334 g/mol. The summed E-state index contributed by atoms with van der Waals surface area (Å²) in [6.45, 7) is 2.26. The van der Waals surface area contributed by atoms with E-state index in [1.54, 1.807) is 30.3 Å². The minimum absolute atomic E-state index is 0.263. The highest BCUT2D eigenvalue weighted by Gasteiger charge is 2.34. The normalized spacial score (nSPS) is 15.8. The first-order valence-corrected chi connectivity index (χ1v) is 8.19. The third-order valence-corrected chi connectivity index (χ3v) is 4.58. The van der Waals surface area contributed by atoms with Crippen molar-refractivity contribution in [1.29, 1.82) is 5.26 Å². The van der Waals surface area contributed by atoms with Gasteiger partial charge in [0.15, 0.2) is 0 Å². The first-order valence-electron chi connectivity index (χ1n) is 7.38. The molecule has 1 aliphatic rings. The van der Waals surface area contributed by atoms with Gasteiger partial charge < -0.3 is 0 Å². The first kappa shape index (κ1) is 16.0. The van der Waals surface area contributed by atoms with Crippen LogP contribution < -0.4 is 0 Å². The molecule has 2 aromatic rings. The number of benzene rings is 2. The number of carbonyl (C=O) groups excluding carboxylic acids is 2. The fourth-order valence-electron chi connectivity index (χ4n) is 2.32. The Balaban J connectivity index is 1.79. The van der Waals surface area contributed by atoms with E-state index in [0.29, 0.717) is 10.5 Å². The Hall–Kier alpha value is -2.84. The Morgan fingerprint density at radius 3 is 2.38 bits per heavy atom. The maximum Gasteiger partial charge on any atom is 0.293 e. The second-order valence-corrected chi connectivity index (χ2v) is 6.48. The zero-order valence-electron chi connectivity index (χ0n) is 13.0. The molecule has 5 heteroatoms. The highest BCUT2D eigenvalue weighted by molar-refractivity contribution is 8.18. The molecule has 1 saturated heterocycles. The molecule has 0 N–H and O–H groups in total. The van der Waals surface area contributed by atoms with Gasteiger partial charge in [-0.25, -0.2) is 0 Å². The first-order chi connectivity index (χ1) is 11.6. The molecule has 1 aliphatic heterocycles. The Morgan fingerprint density at radius 1 is 1.08 bits per heavy atom. The predicted octanol–water partition coefficient (Wildman–Crippen LogP) is 4.10. The van der Waals surface area contributed by atoms with Crippen LogP contribution in [0.3, 0.4) is 0 Å². The molecular weight excluding hydrogens is 320 g/mol. The number of hydrogen-bond acceptors (Lipinski definition) is 4. The Kier molecular flexibility index (Phi) is 4.50. The van der Waals surface area contributed by atoms with Crippen LogP contribution in [0.2, 0.25) is 0 Å². The molecule has 0 atom stereocenters. The molecule has 1 heterocycles. The number of carbonyl (C=O) groups is 2. The summed E-state index contributed by atoms with van der Waals surface area (Å²) in [5.41, 5.74) is 3.39. The lowest BCUT2D eigenvalue weighted by Crippen LogP contribution is -2.27. The molecule has 1 fully saturated rings. The molecule has 2 aromatic carbocycles. The molecule has 24 heavy (non-hydrogen) atoms. The Morgan fingerprint density at radius 2 is 1.75 bits per heavy atom. The SMILES string of the molecule is Cc1ccc(CN2C(=O)S/C(=C\c3ccc(C#N)cc3)C2=O)cc1. The van der Waals surface area contributed by atoms with E-state index in [9.17, 15) is 9.59 Å². The van der Waals surface area contributed by atoms with Crippen molar-refractivity contribution in [3.63, 3.8) is 0 Å². The van der Waals surface area contributed by atoms with Gasteiger partial charge in [-0.3, -0.25) is 14.5 Å². The number of hydrogen-bond donors (Lipinski definition) is 0. The number of rotatable bonds is 3. The minimum Gasteiger partial charge on any atom is -0.268 e. The highest BCUT2D eigenvalue weighted by Crippen LogP contribution is 2.33. The summed E-state index contributed by atoms with van der Waals surface area (Å²) in [4.78, 5) is 26.3. The summed E-state index contributed by atoms with van der Waals surface area (Å²) in [5.74, 6) is -0.282. The van der Waals surface area contributed by atoms with E-state index in [-0.39, 0.29) is 17.7 Å². The predicted molar refractivity (Wildman–Crippen MR) is 93.9 cm³/mol. The van der Waals surface area contributed by atoms with Gasteiger partial charge in [0, 0.05) is 0 Å². The standard InChI is InChI=1S/C19H14N2O2S/c1-13-2-4-16(5-3-13)12-21-18(22)17(24-19(21)23)10-14-6-8-15(11-20)9-7-14/h2-10H,12H2,1H3/b17-10-.